The summed E-state index contributed by atoms with van der Waals surface area (Å²) in [5.41, 5.74) is 0.964. The largest absolute Gasteiger partial charge is 0.351 e. The molecule has 2 amide bonds. The summed E-state index contributed by atoms with van der Waals surface area (Å²) in [5, 5.41) is 13.6. The average molecular weight is 414 g/mol. The van der Waals surface area contributed by atoms with Gasteiger partial charge in [0.05, 0.1) is 5.75 Å². The van der Waals surface area contributed by atoms with Crippen molar-refractivity contribution < 1.29 is 18.4 Å². The molecule has 9 heteroatoms. The molecule has 2 N–H and O–H groups in total. The minimum absolute atomic E-state index is 0.130. The van der Waals surface area contributed by atoms with E-state index in [2.05, 4.69) is 20.8 Å². The van der Waals surface area contributed by atoms with Gasteiger partial charge in [0.2, 0.25) is 5.91 Å². The molecule has 0 fully saturated rings. The zero-order valence-corrected chi connectivity index (χ0v) is 15.9. The number of carbonyl (C=O) groups is 2. The molecule has 0 aliphatic carbocycles. The van der Waals surface area contributed by atoms with Gasteiger partial charge in [-0.15, -0.1) is 10.2 Å². The summed E-state index contributed by atoms with van der Waals surface area (Å²) in [5.74, 6) is -1.20. The van der Waals surface area contributed by atoms with Crippen molar-refractivity contribution in [2.75, 3.05) is 11.1 Å². The molecule has 6 nitrogen and oxygen atoms in total. The zero-order chi connectivity index (χ0) is 20.6. The van der Waals surface area contributed by atoms with Gasteiger partial charge in [-0.05, 0) is 48.0 Å². The lowest BCUT2D eigenvalue weighted by molar-refractivity contribution is -0.118. The Morgan fingerprint density at radius 3 is 2.41 bits per heavy atom. The van der Waals surface area contributed by atoms with Gasteiger partial charge >= 0.3 is 0 Å². The number of rotatable bonds is 7. The summed E-state index contributed by atoms with van der Waals surface area (Å²) in [6, 6.07) is 14.3. The number of hydrogen-bond acceptors (Lipinski definition) is 5. The first-order valence-electron chi connectivity index (χ1n) is 8.54. The van der Waals surface area contributed by atoms with Crippen LogP contribution in [0.15, 0.2) is 65.7 Å². The van der Waals surface area contributed by atoms with Crippen LogP contribution in [0, 0.1) is 11.6 Å². The minimum Gasteiger partial charge on any atom is -0.351 e. The van der Waals surface area contributed by atoms with Crippen LogP contribution in [0.3, 0.4) is 0 Å². The molecule has 148 valence electrons. The van der Waals surface area contributed by atoms with E-state index in [-0.39, 0.29) is 28.9 Å². The summed E-state index contributed by atoms with van der Waals surface area (Å²) in [4.78, 5) is 24.0. The number of nitrogens with one attached hydrogen (secondary N) is 2. The number of nitrogens with zero attached hydrogens (tertiary/aromatic N) is 2. The van der Waals surface area contributed by atoms with Crippen LogP contribution in [-0.4, -0.2) is 27.8 Å². The Morgan fingerprint density at radius 2 is 1.72 bits per heavy atom. The monoisotopic (exact) mass is 414 g/mol. The molecule has 3 rings (SSSR count). The maximum absolute atomic E-state index is 13.2. The standard InChI is InChI=1S/C20H16F2N4O2S/c21-15-6-4-13(5-7-15)11-23-18(27)12-29-19-9-8-17(25-26-19)24-20(28)14-2-1-3-16(22)10-14/h1-10H,11-12H2,(H,23,27)(H,24,25,28). The van der Waals surface area contributed by atoms with Gasteiger partial charge in [-0.2, -0.15) is 0 Å². The van der Waals surface area contributed by atoms with E-state index in [0.29, 0.717) is 11.6 Å². The van der Waals surface area contributed by atoms with E-state index in [1.54, 1.807) is 24.3 Å². The molecule has 0 saturated carbocycles. The second-order valence-electron chi connectivity index (χ2n) is 5.91. The van der Waals surface area contributed by atoms with E-state index >= 15 is 0 Å². The lowest BCUT2D eigenvalue weighted by Crippen LogP contribution is -2.24. The summed E-state index contributed by atoms with van der Waals surface area (Å²) >= 11 is 1.18. The van der Waals surface area contributed by atoms with Crippen LogP contribution < -0.4 is 10.6 Å². The lowest BCUT2D eigenvalue weighted by atomic mass is 10.2. The van der Waals surface area contributed by atoms with Gasteiger partial charge in [-0.3, -0.25) is 9.59 Å². The van der Waals surface area contributed by atoms with Gasteiger partial charge in [0, 0.05) is 12.1 Å². The smallest absolute Gasteiger partial charge is 0.256 e. The van der Waals surface area contributed by atoms with Crippen LogP contribution in [0.5, 0.6) is 0 Å². The summed E-state index contributed by atoms with van der Waals surface area (Å²) < 4.78 is 26.0. The van der Waals surface area contributed by atoms with Crippen molar-refractivity contribution >= 4 is 29.4 Å². The Hall–Kier alpha value is -3.33. The van der Waals surface area contributed by atoms with E-state index in [1.165, 1.54) is 42.1 Å². The SMILES string of the molecule is O=C(CSc1ccc(NC(=O)c2cccc(F)c2)nn1)NCc1ccc(F)cc1. The highest BCUT2D eigenvalue weighted by Gasteiger charge is 2.09. The molecule has 2 aromatic carbocycles. The van der Waals surface area contributed by atoms with Gasteiger partial charge in [0.15, 0.2) is 5.82 Å². The number of carbonyl (C=O) groups excluding carboxylic acids is 2. The summed E-state index contributed by atoms with van der Waals surface area (Å²) in [7, 11) is 0. The molecule has 0 bridgehead atoms. The summed E-state index contributed by atoms with van der Waals surface area (Å²) in [6.07, 6.45) is 0. The molecule has 0 unspecified atom stereocenters. The van der Waals surface area contributed by atoms with Crippen LogP contribution >= 0.6 is 11.8 Å². The first-order valence-corrected chi connectivity index (χ1v) is 9.53. The van der Waals surface area contributed by atoms with E-state index < -0.39 is 11.7 Å². The highest BCUT2D eigenvalue weighted by atomic mass is 32.2. The molecule has 0 aliphatic heterocycles. The molecule has 0 radical (unpaired) electrons. The molecule has 1 heterocycles. The fraction of sp³-hybridized carbons (Fsp3) is 0.100. The van der Waals surface area contributed by atoms with Gasteiger partial charge < -0.3 is 10.6 Å². The molecule has 0 spiro atoms. The number of thioether (sulfide) groups is 1. The van der Waals surface area contributed by atoms with Crippen LogP contribution in [0.4, 0.5) is 14.6 Å². The predicted molar refractivity (Wildman–Crippen MR) is 105 cm³/mol. The topological polar surface area (TPSA) is 84.0 Å². The maximum Gasteiger partial charge on any atom is 0.256 e. The molecule has 1 aromatic heterocycles. The molecule has 0 atom stereocenters. The average Bonchev–Trinajstić information content (AvgIpc) is 2.73. The fourth-order valence-corrected chi connectivity index (χ4v) is 2.92. The number of anilines is 1. The van der Waals surface area contributed by atoms with Gasteiger partial charge in [0.25, 0.3) is 5.91 Å². The van der Waals surface area contributed by atoms with Crippen LogP contribution in [-0.2, 0) is 11.3 Å². The molecular formula is C20H16F2N4O2S. The highest BCUT2D eigenvalue weighted by molar-refractivity contribution is 7.99. The highest BCUT2D eigenvalue weighted by Crippen LogP contribution is 2.16. The first-order chi connectivity index (χ1) is 14.0. The van der Waals surface area contributed by atoms with Crippen molar-refractivity contribution in [3.8, 4) is 0 Å². The van der Waals surface area contributed by atoms with Crippen molar-refractivity contribution in [2.24, 2.45) is 0 Å². The molecular weight excluding hydrogens is 398 g/mol. The fourth-order valence-electron chi connectivity index (χ4n) is 2.28. The Labute approximate surface area is 169 Å². The Morgan fingerprint density at radius 1 is 0.931 bits per heavy atom. The third-order valence-electron chi connectivity index (χ3n) is 3.72. The normalized spacial score (nSPS) is 10.4. The van der Waals surface area contributed by atoms with Crippen LogP contribution in [0.1, 0.15) is 15.9 Å². The summed E-state index contributed by atoms with van der Waals surface area (Å²) in [6.45, 7) is 0.302. The molecule has 3 aromatic rings. The molecule has 0 saturated heterocycles. The van der Waals surface area contributed by atoms with Crippen molar-refractivity contribution in [1.82, 2.24) is 15.5 Å². The van der Waals surface area contributed by atoms with Crippen molar-refractivity contribution in [1.29, 1.82) is 0 Å². The van der Waals surface area contributed by atoms with E-state index in [9.17, 15) is 18.4 Å². The number of benzene rings is 2. The van der Waals surface area contributed by atoms with Crippen LogP contribution in [0.25, 0.3) is 0 Å². The number of amides is 2. The van der Waals surface area contributed by atoms with E-state index in [0.717, 1.165) is 11.6 Å². The van der Waals surface area contributed by atoms with Crippen molar-refractivity contribution in [2.45, 2.75) is 11.6 Å². The van der Waals surface area contributed by atoms with Gasteiger partial charge in [-0.1, -0.05) is 30.0 Å². The zero-order valence-electron chi connectivity index (χ0n) is 15.1. The van der Waals surface area contributed by atoms with E-state index in [4.69, 9.17) is 0 Å². The number of aromatic nitrogens is 2. The second kappa shape index (κ2) is 9.74. The Kier molecular flexibility index (Phi) is 6.85. The predicted octanol–water partition coefficient (Wildman–Crippen LogP) is 3.42. The third-order valence-corrected chi connectivity index (χ3v) is 4.64. The maximum atomic E-state index is 13.2. The number of hydrogen-bond donors (Lipinski definition) is 2. The third kappa shape index (κ3) is 6.35. The van der Waals surface area contributed by atoms with Crippen molar-refractivity contribution in [3.63, 3.8) is 0 Å². The lowest BCUT2D eigenvalue weighted by Gasteiger charge is -2.06. The van der Waals surface area contributed by atoms with Gasteiger partial charge in [0.1, 0.15) is 16.7 Å². The number of halogens is 2. The Balaban J connectivity index is 1.45. The quantitative estimate of drug-likeness (QED) is 0.579. The first kappa shape index (κ1) is 20.4. The molecule has 29 heavy (non-hydrogen) atoms. The second-order valence-corrected chi connectivity index (χ2v) is 6.91. The van der Waals surface area contributed by atoms with Crippen LogP contribution in [0.2, 0.25) is 0 Å². The minimum atomic E-state index is -0.506. The van der Waals surface area contributed by atoms with E-state index in [1.807, 2.05) is 0 Å². The molecule has 0 aliphatic rings. The van der Waals surface area contributed by atoms with Crippen molar-refractivity contribution in [3.05, 3.63) is 83.4 Å². The van der Waals surface area contributed by atoms with Gasteiger partial charge in [-0.25, -0.2) is 8.78 Å². The Bertz CT molecular complexity index is 998.